The molecule has 1 fully saturated rings. The average Bonchev–Trinajstić information content (AvgIpc) is 3.22. The molecule has 2 N–H and O–H groups in total. The number of urea groups is 1. The van der Waals surface area contributed by atoms with E-state index in [0.29, 0.717) is 5.69 Å². The number of benzene rings is 1. The zero-order valence-electron chi connectivity index (χ0n) is 14.9. The molecule has 138 valence electrons. The smallest absolute Gasteiger partial charge is 0.324 e. The molecule has 1 saturated heterocycles. The molecule has 0 spiro atoms. The van der Waals surface area contributed by atoms with Gasteiger partial charge in [-0.25, -0.2) is 4.79 Å². The minimum Gasteiger partial charge on any atom is -0.355 e. The van der Waals surface area contributed by atoms with Crippen molar-refractivity contribution in [3.05, 3.63) is 53.9 Å². The number of thiophene rings is 1. The van der Waals surface area contributed by atoms with E-state index in [1.807, 2.05) is 53.9 Å². The molecule has 3 heterocycles. The predicted molar refractivity (Wildman–Crippen MR) is 110 cm³/mol. The lowest BCUT2D eigenvalue weighted by Gasteiger charge is -2.27. The quantitative estimate of drug-likeness (QED) is 0.680. The summed E-state index contributed by atoms with van der Waals surface area (Å²) in [6.07, 6.45) is 3.72. The van der Waals surface area contributed by atoms with Crippen LogP contribution in [0.3, 0.4) is 0 Å². The number of hydrogen-bond acceptors (Lipinski definition) is 5. The lowest BCUT2D eigenvalue weighted by Crippen LogP contribution is -2.30. The highest BCUT2D eigenvalue weighted by Crippen LogP contribution is 2.23. The first-order valence-electron chi connectivity index (χ1n) is 9.08. The van der Waals surface area contributed by atoms with Gasteiger partial charge in [-0.3, -0.25) is 5.32 Å². The Bertz CT molecular complexity index is 889. The van der Waals surface area contributed by atoms with E-state index in [2.05, 4.69) is 25.7 Å². The minimum atomic E-state index is -0.263. The molecule has 0 bridgehead atoms. The number of hydrogen-bond donors (Lipinski definition) is 2. The average molecular weight is 379 g/mol. The van der Waals surface area contributed by atoms with Crippen molar-refractivity contribution < 1.29 is 4.79 Å². The standard InChI is InChI=1S/C20H21N5OS/c26-20(22-19-8-5-13-27-19)21-16-7-4-6-15(14-16)17-9-10-18(24-23-17)25-11-2-1-3-12-25/h4-10,13-14H,1-3,11-12H2,(H2,21,22,26). The van der Waals surface area contributed by atoms with Gasteiger partial charge in [0.05, 0.1) is 10.7 Å². The molecule has 1 aromatic carbocycles. The first-order chi connectivity index (χ1) is 13.3. The van der Waals surface area contributed by atoms with Gasteiger partial charge in [0, 0.05) is 24.3 Å². The Labute approximate surface area is 162 Å². The van der Waals surface area contributed by atoms with Crippen molar-refractivity contribution in [3.8, 4) is 11.3 Å². The number of rotatable bonds is 4. The number of piperidine rings is 1. The number of nitrogens with zero attached hydrogens (tertiary/aromatic N) is 3. The molecule has 0 atom stereocenters. The second kappa shape index (κ2) is 8.18. The van der Waals surface area contributed by atoms with Gasteiger partial charge in [0.15, 0.2) is 5.82 Å². The predicted octanol–water partition coefficient (Wildman–Crippen LogP) is 4.84. The van der Waals surface area contributed by atoms with E-state index in [1.54, 1.807) is 0 Å². The van der Waals surface area contributed by atoms with Crippen LogP contribution in [0.15, 0.2) is 53.9 Å². The second-order valence-electron chi connectivity index (χ2n) is 6.46. The molecule has 0 saturated carbocycles. The molecular weight excluding hydrogens is 358 g/mol. The Morgan fingerprint density at radius 2 is 1.85 bits per heavy atom. The van der Waals surface area contributed by atoms with Crippen molar-refractivity contribution in [1.82, 2.24) is 10.2 Å². The van der Waals surface area contributed by atoms with Gasteiger partial charge in [-0.05, 0) is 61.0 Å². The van der Waals surface area contributed by atoms with Crippen molar-refractivity contribution in [2.24, 2.45) is 0 Å². The van der Waals surface area contributed by atoms with Gasteiger partial charge in [0.1, 0.15) is 0 Å². The first-order valence-corrected chi connectivity index (χ1v) is 9.96. The second-order valence-corrected chi connectivity index (χ2v) is 7.41. The summed E-state index contributed by atoms with van der Waals surface area (Å²) in [5.41, 5.74) is 2.42. The van der Waals surface area contributed by atoms with Gasteiger partial charge >= 0.3 is 6.03 Å². The van der Waals surface area contributed by atoms with Crippen molar-refractivity contribution in [2.75, 3.05) is 28.6 Å². The molecule has 27 heavy (non-hydrogen) atoms. The maximum absolute atomic E-state index is 12.1. The van der Waals surface area contributed by atoms with Gasteiger partial charge in [0.2, 0.25) is 0 Å². The summed E-state index contributed by atoms with van der Waals surface area (Å²) >= 11 is 1.48. The third kappa shape index (κ3) is 4.43. The SMILES string of the molecule is O=C(Nc1cccc(-c2ccc(N3CCCCC3)nn2)c1)Nc1cccs1. The number of anilines is 3. The normalized spacial score (nSPS) is 14.0. The lowest BCUT2D eigenvalue weighted by molar-refractivity contribution is 0.262. The number of carbonyl (C=O) groups excluding carboxylic acids is 1. The topological polar surface area (TPSA) is 70.2 Å². The van der Waals surface area contributed by atoms with E-state index in [4.69, 9.17) is 0 Å². The monoisotopic (exact) mass is 379 g/mol. The van der Waals surface area contributed by atoms with Crippen molar-refractivity contribution in [3.63, 3.8) is 0 Å². The molecule has 2 aromatic heterocycles. The highest BCUT2D eigenvalue weighted by atomic mass is 32.1. The summed E-state index contributed by atoms with van der Waals surface area (Å²) in [6, 6.07) is 15.1. The molecule has 0 unspecified atom stereocenters. The molecule has 1 aliphatic heterocycles. The zero-order valence-corrected chi connectivity index (χ0v) is 15.7. The number of nitrogens with one attached hydrogen (secondary N) is 2. The third-order valence-electron chi connectivity index (χ3n) is 4.50. The molecule has 6 nitrogen and oxygen atoms in total. The summed E-state index contributed by atoms with van der Waals surface area (Å²) in [4.78, 5) is 14.4. The van der Waals surface area contributed by atoms with E-state index in [9.17, 15) is 4.79 Å². The van der Waals surface area contributed by atoms with E-state index in [0.717, 1.165) is 35.2 Å². The van der Waals surface area contributed by atoms with Gasteiger partial charge in [-0.2, -0.15) is 0 Å². The van der Waals surface area contributed by atoms with Crippen LogP contribution in [-0.2, 0) is 0 Å². The third-order valence-corrected chi connectivity index (χ3v) is 5.29. The lowest BCUT2D eigenvalue weighted by atomic mass is 10.1. The number of amides is 2. The van der Waals surface area contributed by atoms with Gasteiger partial charge < -0.3 is 10.2 Å². The van der Waals surface area contributed by atoms with E-state index in [-0.39, 0.29) is 6.03 Å². The van der Waals surface area contributed by atoms with Crippen LogP contribution in [0.5, 0.6) is 0 Å². The molecule has 3 aromatic rings. The van der Waals surface area contributed by atoms with Crippen LogP contribution in [0.1, 0.15) is 19.3 Å². The molecule has 4 rings (SSSR count). The summed E-state index contributed by atoms with van der Waals surface area (Å²) in [5, 5.41) is 17.2. The number of aromatic nitrogens is 2. The van der Waals surface area contributed by atoms with E-state index < -0.39 is 0 Å². The van der Waals surface area contributed by atoms with Gasteiger partial charge in [0.25, 0.3) is 0 Å². The number of carbonyl (C=O) groups is 1. The molecular formula is C20H21N5OS. The van der Waals surface area contributed by atoms with Gasteiger partial charge in [-0.15, -0.1) is 21.5 Å². The Morgan fingerprint density at radius 1 is 0.963 bits per heavy atom. The maximum atomic E-state index is 12.1. The van der Waals surface area contributed by atoms with Crippen molar-refractivity contribution in [2.45, 2.75) is 19.3 Å². The zero-order chi connectivity index (χ0) is 18.5. The Morgan fingerprint density at radius 3 is 2.59 bits per heavy atom. The largest absolute Gasteiger partial charge is 0.355 e. The fourth-order valence-electron chi connectivity index (χ4n) is 3.15. The molecule has 0 radical (unpaired) electrons. The summed E-state index contributed by atoms with van der Waals surface area (Å²) in [5.74, 6) is 0.933. The van der Waals surface area contributed by atoms with Crippen LogP contribution in [0.2, 0.25) is 0 Å². The van der Waals surface area contributed by atoms with Crippen LogP contribution in [0.4, 0.5) is 21.3 Å². The molecule has 7 heteroatoms. The van der Waals surface area contributed by atoms with Crippen LogP contribution in [0, 0.1) is 0 Å². The fourth-order valence-corrected chi connectivity index (χ4v) is 3.76. The first kappa shape index (κ1) is 17.5. The summed E-state index contributed by atoms with van der Waals surface area (Å²) in [7, 11) is 0. The Hall–Kier alpha value is -2.93. The van der Waals surface area contributed by atoms with Crippen molar-refractivity contribution >= 4 is 33.9 Å². The van der Waals surface area contributed by atoms with Gasteiger partial charge in [-0.1, -0.05) is 12.1 Å². The molecule has 1 aliphatic rings. The van der Waals surface area contributed by atoms with Crippen LogP contribution in [-0.4, -0.2) is 29.3 Å². The molecule has 0 aliphatic carbocycles. The van der Waals surface area contributed by atoms with Crippen molar-refractivity contribution in [1.29, 1.82) is 0 Å². The fraction of sp³-hybridized carbons (Fsp3) is 0.250. The highest BCUT2D eigenvalue weighted by Gasteiger charge is 2.13. The van der Waals surface area contributed by atoms with E-state index in [1.165, 1.54) is 30.6 Å². The molecule has 2 amide bonds. The van der Waals surface area contributed by atoms with E-state index >= 15 is 0 Å². The van der Waals surface area contributed by atoms with Crippen LogP contribution >= 0.6 is 11.3 Å². The summed E-state index contributed by atoms with van der Waals surface area (Å²) < 4.78 is 0. The van der Waals surface area contributed by atoms with Crippen LogP contribution < -0.4 is 15.5 Å². The maximum Gasteiger partial charge on any atom is 0.324 e. The highest BCUT2D eigenvalue weighted by molar-refractivity contribution is 7.14. The minimum absolute atomic E-state index is 0.263. The Kier molecular flexibility index (Phi) is 5.29. The Balaban J connectivity index is 1.44. The van der Waals surface area contributed by atoms with Crippen LogP contribution in [0.25, 0.3) is 11.3 Å². The summed E-state index contributed by atoms with van der Waals surface area (Å²) in [6.45, 7) is 2.10.